The summed E-state index contributed by atoms with van der Waals surface area (Å²) in [6, 6.07) is 0.870. The summed E-state index contributed by atoms with van der Waals surface area (Å²) in [5, 5.41) is 0. The molecule has 0 N–H and O–H groups in total. The summed E-state index contributed by atoms with van der Waals surface area (Å²) in [7, 11) is 2.25. The summed E-state index contributed by atoms with van der Waals surface area (Å²) >= 11 is 0. The minimum atomic E-state index is 0.870. The van der Waals surface area contributed by atoms with Crippen LogP contribution in [-0.4, -0.2) is 24.5 Å². The molecule has 52 valence electrons. The van der Waals surface area contributed by atoms with Crippen molar-refractivity contribution < 1.29 is 0 Å². The molecule has 1 nitrogen and oxygen atoms in total. The van der Waals surface area contributed by atoms with Gasteiger partial charge in [0.25, 0.3) is 0 Å². The Morgan fingerprint density at radius 3 is 2.33 bits per heavy atom. The zero-order valence-corrected chi connectivity index (χ0v) is 6.30. The molecule has 0 spiro atoms. The summed E-state index contributed by atoms with van der Waals surface area (Å²) in [4.78, 5) is 2.50. The number of nitrogens with zero attached hydrogens (tertiary/aromatic N) is 1. The Morgan fingerprint density at radius 2 is 2.00 bits per heavy atom. The molecule has 2 bridgehead atoms. The first-order chi connectivity index (χ1) is 4.27. The van der Waals surface area contributed by atoms with Crippen molar-refractivity contribution in [2.24, 2.45) is 11.8 Å². The molecule has 9 heavy (non-hydrogen) atoms. The quantitative estimate of drug-likeness (QED) is 0.472. The van der Waals surface area contributed by atoms with Gasteiger partial charge in [0.2, 0.25) is 0 Å². The maximum atomic E-state index is 2.50. The Labute approximate surface area is 57.0 Å². The number of hydrogen-bond donors (Lipinski definition) is 0. The summed E-state index contributed by atoms with van der Waals surface area (Å²) in [6.45, 7) is 3.72. The van der Waals surface area contributed by atoms with Crippen LogP contribution in [-0.2, 0) is 0 Å². The largest absolute Gasteiger partial charge is 0.303 e. The molecule has 3 rings (SSSR count). The van der Waals surface area contributed by atoms with Gasteiger partial charge in [-0.25, -0.2) is 0 Å². The molecule has 1 saturated carbocycles. The van der Waals surface area contributed by atoms with Crippen molar-refractivity contribution in [1.29, 1.82) is 0 Å². The van der Waals surface area contributed by atoms with Crippen LogP contribution in [0.2, 0.25) is 0 Å². The minimum absolute atomic E-state index is 0.870. The van der Waals surface area contributed by atoms with Gasteiger partial charge in [0.1, 0.15) is 0 Å². The maximum absolute atomic E-state index is 2.50. The molecule has 3 aliphatic rings. The van der Waals surface area contributed by atoms with E-state index in [4.69, 9.17) is 0 Å². The first kappa shape index (κ1) is 5.72. The van der Waals surface area contributed by atoms with Crippen molar-refractivity contribution in [3.8, 4) is 0 Å². The third kappa shape index (κ3) is 0.710. The fraction of sp³-hybridized carbons (Fsp3) is 1.00. The van der Waals surface area contributed by atoms with Crippen LogP contribution < -0.4 is 0 Å². The van der Waals surface area contributed by atoms with Crippen LogP contribution in [0.3, 0.4) is 0 Å². The standard InChI is InChI=1S/C8H15N/c1-6-8-3-7(4-8)5-9(6)2/h6-8H,3-5H2,1-2H3. The van der Waals surface area contributed by atoms with Gasteiger partial charge in [-0.1, -0.05) is 0 Å². The lowest BCUT2D eigenvalue weighted by molar-refractivity contribution is -0.00566. The van der Waals surface area contributed by atoms with E-state index >= 15 is 0 Å². The van der Waals surface area contributed by atoms with Crippen LogP contribution in [0.5, 0.6) is 0 Å². The van der Waals surface area contributed by atoms with Gasteiger partial charge in [0, 0.05) is 12.6 Å². The monoisotopic (exact) mass is 125 g/mol. The Kier molecular flexibility index (Phi) is 1.10. The minimum Gasteiger partial charge on any atom is -0.303 e. The van der Waals surface area contributed by atoms with Crippen molar-refractivity contribution >= 4 is 0 Å². The van der Waals surface area contributed by atoms with Crippen molar-refractivity contribution in [2.45, 2.75) is 25.8 Å². The van der Waals surface area contributed by atoms with Gasteiger partial charge in [-0.2, -0.15) is 0 Å². The van der Waals surface area contributed by atoms with Crippen molar-refractivity contribution in [2.75, 3.05) is 13.6 Å². The second-order valence-electron chi connectivity index (χ2n) is 3.78. The molecule has 1 heteroatoms. The van der Waals surface area contributed by atoms with E-state index < -0.39 is 0 Å². The average Bonchev–Trinajstić information content (AvgIpc) is 1.72. The lowest BCUT2D eigenvalue weighted by Crippen LogP contribution is -2.52. The van der Waals surface area contributed by atoms with Gasteiger partial charge >= 0.3 is 0 Å². The SMILES string of the molecule is CC1C2CC(C2)CN1C. The summed E-state index contributed by atoms with van der Waals surface area (Å²) in [5.74, 6) is 2.12. The maximum Gasteiger partial charge on any atom is 0.00924 e. The van der Waals surface area contributed by atoms with E-state index in [1.165, 1.54) is 19.4 Å². The van der Waals surface area contributed by atoms with Crippen molar-refractivity contribution in [3.63, 3.8) is 0 Å². The molecule has 2 heterocycles. The van der Waals surface area contributed by atoms with Gasteiger partial charge in [0.05, 0.1) is 0 Å². The molecular weight excluding hydrogens is 110 g/mol. The number of fused-ring (bicyclic) bond motifs is 2. The summed E-state index contributed by atoms with van der Waals surface area (Å²) < 4.78 is 0. The molecule has 0 aromatic heterocycles. The van der Waals surface area contributed by atoms with E-state index in [0.29, 0.717) is 0 Å². The fourth-order valence-electron chi connectivity index (χ4n) is 2.26. The number of piperidine rings is 2. The molecule has 1 unspecified atom stereocenters. The summed E-state index contributed by atoms with van der Waals surface area (Å²) in [6.07, 6.45) is 3.04. The van der Waals surface area contributed by atoms with Gasteiger partial charge in [-0.15, -0.1) is 0 Å². The van der Waals surface area contributed by atoms with Crippen LogP contribution >= 0.6 is 0 Å². The summed E-state index contributed by atoms with van der Waals surface area (Å²) in [5.41, 5.74) is 0. The third-order valence-corrected chi connectivity index (χ3v) is 3.20. The predicted octanol–water partition coefficient (Wildman–Crippen LogP) is 1.35. The Balaban J connectivity index is 2.04. The molecule has 3 fully saturated rings. The topological polar surface area (TPSA) is 3.24 Å². The first-order valence-corrected chi connectivity index (χ1v) is 3.97. The molecule has 1 atom stereocenters. The molecule has 0 aromatic rings. The van der Waals surface area contributed by atoms with E-state index in [1.807, 2.05) is 0 Å². The van der Waals surface area contributed by atoms with Crippen molar-refractivity contribution in [1.82, 2.24) is 4.90 Å². The average molecular weight is 125 g/mol. The number of rotatable bonds is 0. The number of hydrogen-bond acceptors (Lipinski definition) is 1. The van der Waals surface area contributed by atoms with E-state index in [0.717, 1.165) is 17.9 Å². The Morgan fingerprint density at radius 1 is 1.33 bits per heavy atom. The smallest absolute Gasteiger partial charge is 0.00924 e. The van der Waals surface area contributed by atoms with Gasteiger partial charge in [0.15, 0.2) is 0 Å². The zero-order chi connectivity index (χ0) is 6.43. The third-order valence-electron chi connectivity index (χ3n) is 3.20. The van der Waals surface area contributed by atoms with E-state index in [9.17, 15) is 0 Å². The van der Waals surface area contributed by atoms with Crippen LogP contribution in [0.15, 0.2) is 0 Å². The van der Waals surface area contributed by atoms with Crippen LogP contribution in [0, 0.1) is 11.8 Å². The van der Waals surface area contributed by atoms with Gasteiger partial charge in [-0.3, -0.25) is 0 Å². The molecular formula is C8H15N. The fourth-order valence-corrected chi connectivity index (χ4v) is 2.26. The Bertz CT molecular complexity index is 114. The van der Waals surface area contributed by atoms with E-state index in [2.05, 4.69) is 18.9 Å². The molecule has 2 aliphatic heterocycles. The van der Waals surface area contributed by atoms with Crippen LogP contribution in [0.1, 0.15) is 19.8 Å². The first-order valence-electron chi connectivity index (χ1n) is 3.97. The molecule has 0 aromatic carbocycles. The van der Waals surface area contributed by atoms with Gasteiger partial charge < -0.3 is 4.90 Å². The second-order valence-corrected chi connectivity index (χ2v) is 3.78. The van der Waals surface area contributed by atoms with E-state index in [1.54, 1.807) is 0 Å². The molecule has 0 amide bonds. The highest BCUT2D eigenvalue weighted by atomic mass is 15.2. The molecule has 1 aliphatic carbocycles. The lowest BCUT2D eigenvalue weighted by atomic mass is 9.67. The Hall–Kier alpha value is -0.0400. The normalized spacial score (nSPS) is 50.7. The second kappa shape index (κ2) is 1.72. The molecule has 2 saturated heterocycles. The zero-order valence-electron chi connectivity index (χ0n) is 6.30. The van der Waals surface area contributed by atoms with Gasteiger partial charge in [-0.05, 0) is 38.6 Å². The van der Waals surface area contributed by atoms with Crippen LogP contribution in [0.4, 0.5) is 0 Å². The highest BCUT2D eigenvalue weighted by Crippen LogP contribution is 2.42. The van der Waals surface area contributed by atoms with Crippen molar-refractivity contribution in [3.05, 3.63) is 0 Å². The lowest BCUT2D eigenvalue weighted by Gasteiger charge is -2.50. The van der Waals surface area contributed by atoms with E-state index in [-0.39, 0.29) is 0 Å². The highest BCUT2D eigenvalue weighted by Gasteiger charge is 2.40. The highest BCUT2D eigenvalue weighted by molar-refractivity contribution is 4.93. The molecule has 0 radical (unpaired) electrons. The van der Waals surface area contributed by atoms with Crippen LogP contribution in [0.25, 0.3) is 0 Å². The predicted molar refractivity (Wildman–Crippen MR) is 38.3 cm³/mol.